The van der Waals surface area contributed by atoms with Crippen LogP contribution in [-0.4, -0.2) is 47.7 Å². The molecule has 3 rings (SSSR count). The van der Waals surface area contributed by atoms with Crippen LogP contribution < -0.4 is 0 Å². The van der Waals surface area contributed by atoms with Gasteiger partial charge in [0.15, 0.2) is 6.04 Å². The number of carbonyl (C=O) groups is 2. The Labute approximate surface area is 142 Å². The molecule has 1 aliphatic heterocycles. The van der Waals surface area contributed by atoms with Crippen LogP contribution in [0, 0.1) is 11.6 Å². The molecule has 25 heavy (non-hydrogen) atoms. The molecular weight excluding hydrogens is 332 g/mol. The van der Waals surface area contributed by atoms with Crippen LogP contribution in [0.5, 0.6) is 0 Å². The number of morpholine rings is 1. The lowest BCUT2D eigenvalue weighted by molar-refractivity contribution is -0.147. The van der Waals surface area contributed by atoms with Crippen molar-refractivity contribution in [2.45, 2.75) is 6.04 Å². The summed E-state index contributed by atoms with van der Waals surface area (Å²) in [5.74, 6) is -3.05. The van der Waals surface area contributed by atoms with Gasteiger partial charge in [-0.1, -0.05) is 18.2 Å². The summed E-state index contributed by atoms with van der Waals surface area (Å²) in [6.45, 7) is 0.149. The summed E-state index contributed by atoms with van der Waals surface area (Å²) in [7, 11) is 0. The number of amides is 1. The second-order valence-corrected chi connectivity index (χ2v) is 5.63. The van der Waals surface area contributed by atoms with Gasteiger partial charge in [0.1, 0.15) is 11.6 Å². The Morgan fingerprint density at radius 3 is 2.40 bits per heavy atom. The Morgan fingerprint density at radius 1 is 1.08 bits per heavy atom. The highest BCUT2D eigenvalue weighted by atomic mass is 19.1. The van der Waals surface area contributed by atoms with Crippen molar-refractivity contribution < 1.29 is 28.2 Å². The minimum atomic E-state index is -1.20. The smallest absolute Gasteiger partial charge is 0.328 e. The molecule has 1 aliphatic rings. The molecule has 130 valence electrons. The number of hydrogen-bond acceptors (Lipinski definition) is 3. The number of hydrogen-bond donors (Lipinski definition) is 1. The molecule has 0 aliphatic carbocycles. The standard InChI is InChI=1S/C18H15F2NO4/c19-13-4-1-11(2-5-13)12-3-6-14(15(20)9-12)17(22)21-7-8-25-10-16(21)18(23)24/h1-6,9,16H,7-8,10H2,(H,23,24). The van der Waals surface area contributed by atoms with Crippen molar-refractivity contribution in [2.24, 2.45) is 0 Å². The molecule has 0 spiro atoms. The van der Waals surface area contributed by atoms with E-state index in [-0.39, 0.29) is 25.3 Å². The van der Waals surface area contributed by atoms with Gasteiger partial charge in [-0.15, -0.1) is 0 Å². The molecule has 0 aromatic heterocycles. The quantitative estimate of drug-likeness (QED) is 0.927. The average molecular weight is 347 g/mol. The van der Waals surface area contributed by atoms with Crippen molar-refractivity contribution in [3.05, 3.63) is 59.7 Å². The van der Waals surface area contributed by atoms with E-state index >= 15 is 0 Å². The number of carboxylic acids is 1. The summed E-state index contributed by atoms with van der Waals surface area (Å²) >= 11 is 0. The van der Waals surface area contributed by atoms with Crippen LogP contribution in [0.25, 0.3) is 11.1 Å². The molecular formula is C18H15F2NO4. The zero-order valence-corrected chi connectivity index (χ0v) is 13.1. The van der Waals surface area contributed by atoms with E-state index in [0.29, 0.717) is 11.1 Å². The second-order valence-electron chi connectivity index (χ2n) is 5.63. The van der Waals surface area contributed by atoms with Crippen LogP contribution in [0.4, 0.5) is 8.78 Å². The highest BCUT2D eigenvalue weighted by Gasteiger charge is 2.34. The zero-order chi connectivity index (χ0) is 18.0. The Balaban J connectivity index is 1.88. The maximum atomic E-state index is 14.4. The number of nitrogens with zero attached hydrogens (tertiary/aromatic N) is 1. The summed E-state index contributed by atoms with van der Waals surface area (Å²) < 4.78 is 32.5. The predicted molar refractivity (Wildman–Crippen MR) is 85.1 cm³/mol. The van der Waals surface area contributed by atoms with Crippen LogP contribution in [0.2, 0.25) is 0 Å². The van der Waals surface area contributed by atoms with E-state index in [0.717, 1.165) is 4.90 Å². The van der Waals surface area contributed by atoms with E-state index in [4.69, 9.17) is 4.74 Å². The number of carboxylic acid groups (broad SMARTS) is 1. The largest absolute Gasteiger partial charge is 0.480 e. The van der Waals surface area contributed by atoms with Crippen molar-refractivity contribution in [3.8, 4) is 11.1 Å². The number of benzene rings is 2. The third-order valence-electron chi connectivity index (χ3n) is 4.05. The lowest BCUT2D eigenvalue weighted by Gasteiger charge is -2.33. The van der Waals surface area contributed by atoms with Crippen LogP contribution in [0.1, 0.15) is 10.4 Å². The molecule has 0 radical (unpaired) electrons. The number of carbonyl (C=O) groups excluding carboxylic acids is 1. The van der Waals surface area contributed by atoms with Gasteiger partial charge >= 0.3 is 5.97 Å². The van der Waals surface area contributed by atoms with Crippen molar-refractivity contribution >= 4 is 11.9 Å². The summed E-state index contributed by atoms with van der Waals surface area (Å²) in [6.07, 6.45) is 0. The molecule has 1 heterocycles. The lowest BCUT2D eigenvalue weighted by atomic mass is 10.0. The normalized spacial score (nSPS) is 17.4. The van der Waals surface area contributed by atoms with Gasteiger partial charge in [-0.05, 0) is 35.4 Å². The summed E-state index contributed by atoms with van der Waals surface area (Å²) in [4.78, 5) is 24.9. The molecule has 2 aromatic rings. The summed E-state index contributed by atoms with van der Waals surface area (Å²) in [5.41, 5.74) is 0.888. The monoisotopic (exact) mass is 347 g/mol. The first kappa shape index (κ1) is 17.0. The van der Waals surface area contributed by atoms with E-state index in [9.17, 15) is 23.5 Å². The second kappa shape index (κ2) is 6.98. The molecule has 2 aromatic carbocycles. The van der Waals surface area contributed by atoms with Gasteiger partial charge in [-0.25, -0.2) is 13.6 Å². The van der Waals surface area contributed by atoms with Crippen LogP contribution in [-0.2, 0) is 9.53 Å². The third-order valence-corrected chi connectivity index (χ3v) is 4.05. The summed E-state index contributed by atoms with van der Waals surface area (Å²) in [6, 6.07) is 8.43. The molecule has 0 saturated carbocycles. The Hall–Kier alpha value is -2.80. The zero-order valence-electron chi connectivity index (χ0n) is 13.1. The van der Waals surface area contributed by atoms with E-state index in [2.05, 4.69) is 0 Å². The van der Waals surface area contributed by atoms with E-state index in [1.54, 1.807) is 6.07 Å². The number of halogens is 2. The first-order valence-electron chi connectivity index (χ1n) is 7.64. The van der Waals surface area contributed by atoms with E-state index < -0.39 is 29.6 Å². The molecule has 1 atom stereocenters. The van der Waals surface area contributed by atoms with E-state index in [1.165, 1.54) is 36.4 Å². The fourth-order valence-electron chi connectivity index (χ4n) is 2.72. The van der Waals surface area contributed by atoms with E-state index in [1.807, 2.05) is 0 Å². The van der Waals surface area contributed by atoms with Gasteiger partial charge in [-0.2, -0.15) is 0 Å². The Bertz CT molecular complexity index is 807. The van der Waals surface area contributed by atoms with Crippen molar-refractivity contribution in [1.82, 2.24) is 4.90 Å². The SMILES string of the molecule is O=C(O)C1COCCN1C(=O)c1ccc(-c2ccc(F)cc2)cc1F. The highest BCUT2D eigenvalue weighted by molar-refractivity contribution is 5.97. The maximum Gasteiger partial charge on any atom is 0.328 e. The third kappa shape index (κ3) is 3.51. The molecule has 1 saturated heterocycles. The molecule has 1 fully saturated rings. The number of rotatable bonds is 3. The van der Waals surface area contributed by atoms with Crippen LogP contribution in [0.15, 0.2) is 42.5 Å². The van der Waals surface area contributed by atoms with Crippen LogP contribution in [0.3, 0.4) is 0 Å². The minimum absolute atomic E-state index is 0.0783. The number of aliphatic carboxylic acids is 1. The van der Waals surface area contributed by atoms with Gasteiger partial charge < -0.3 is 14.7 Å². The van der Waals surface area contributed by atoms with Crippen molar-refractivity contribution in [2.75, 3.05) is 19.8 Å². The first-order chi connectivity index (χ1) is 12.0. The summed E-state index contributed by atoms with van der Waals surface area (Å²) in [5, 5.41) is 9.19. The fraction of sp³-hybridized carbons (Fsp3) is 0.222. The van der Waals surface area contributed by atoms with Crippen molar-refractivity contribution in [3.63, 3.8) is 0 Å². The van der Waals surface area contributed by atoms with Gasteiger partial charge in [0.2, 0.25) is 0 Å². The first-order valence-corrected chi connectivity index (χ1v) is 7.64. The highest BCUT2D eigenvalue weighted by Crippen LogP contribution is 2.24. The maximum absolute atomic E-state index is 14.4. The molecule has 1 amide bonds. The van der Waals surface area contributed by atoms with Gasteiger partial charge in [0.25, 0.3) is 5.91 Å². The van der Waals surface area contributed by atoms with Gasteiger partial charge in [-0.3, -0.25) is 4.79 Å². The molecule has 1 unspecified atom stereocenters. The fourth-order valence-corrected chi connectivity index (χ4v) is 2.72. The molecule has 0 bridgehead atoms. The molecule has 1 N–H and O–H groups in total. The minimum Gasteiger partial charge on any atom is -0.480 e. The average Bonchev–Trinajstić information content (AvgIpc) is 2.61. The molecule has 5 nitrogen and oxygen atoms in total. The topological polar surface area (TPSA) is 66.8 Å². The van der Waals surface area contributed by atoms with Gasteiger partial charge in [0.05, 0.1) is 18.8 Å². The molecule has 7 heteroatoms. The Kier molecular flexibility index (Phi) is 4.76. The number of ether oxygens (including phenoxy) is 1. The Morgan fingerprint density at radius 2 is 1.76 bits per heavy atom. The lowest BCUT2D eigenvalue weighted by Crippen LogP contribution is -2.52. The predicted octanol–water partition coefficient (Wildman–Crippen LogP) is 2.56. The van der Waals surface area contributed by atoms with Crippen LogP contribution >= 0.6 is 0 Å². The van der Waals surface area contributed by atoms with Crippen molar-refractivity contribution in [1.29, 1.82) is 0 Å². The van der Waals surface area contributed by atoms with Gasteiger partial charge in [0, 0.05) is 6.54 Å².